The molecule has 1 atom stereocenters. The van der Waals surface area contributed by atoms with Crippen LogP contribution in [0.3, 0.4) is 0 Å². The maximum atomic E-state index is 13.0. The fraction of sp³-hybridized carbons (Fsp3) is 0.304. The first-order valence-electron chi connectivity index (χ1n) is 9.48. The van der Waals surface area contributed by atoms with Gasteiger partial charge in [-0.2, -0.15) is 0 Å². The van der Waals surface area contributed by atoms with Crippen molar-refractivity contribution in [2.45, 2.75) is 19.4 Å². The van der Waals surface area contributed by atoms with E-state index in [0.29, 0.717) is 11.3 Å². The second-order valence-electron chi connectivity index (χ2n) is 7.17. The van der Waals surface area contributed by atoms with E-state index in [9.17, 15) is 4.79 Å². The number of methoxy groups -OCH3 is 1. The van der Waals surface area contributed by atoms with Crippen molar-refractivity contribution in [2.24, 2.45) is 5.92 Å². The minimum atomic E-state index is 0.0252. The number of nitrogens with zero attached hydrogens (tertiary/aromatic N) is 2. The molecule has 1 aliphatic heterocycles. The van der Waals surface area contributed by atoms with Crippen molar-refractivity contribution in [1.29, 1.82) is 0 Å². The topological polar surface area (TPSA) is 42.4 Å². The van der Waals surface area contributed by atoms with E-state index < -0.39 is 0 Å². The lowest BCUT2D eigenvalue weighted by Gasteiger charge is -2.32. The standard InChI is InChI=1S/C23H24N2O2/c1-27-22-9-3-2-8-20(22)23(26)19-7-5-13-25(16-19)15-17-10-11-21-18(14-17)6-4-12-24-21/h2-4,6,8-12,14,19H,5,7,13,15-16H2,1H3/t19-/m0/s1. The first kappa shape index (κ1) is 17.7. The molecule has 2 heterocycles. The smallest absolute Gasteiger partial charge is 0.170 e. The van der Waals surface area contributed by atoms with Crippen molar-refractivity contribution in [3.63, 3.8) is 0 Å². The van der Waals surface area contributed by atoms with Gasteiger partial charge in [0.05, 0.1) is 18.2 Å². The largest absolute Gasteiger partial charge is 0.496 e. The van der Waals surface area contributed by atoms with E-state index in [-0.39, 0.29) is 11.7 Å². The van der Waals surface area contributed by atoms with E-state index in [4.69, 9.17) is 4.74 Å². The van der Waals surface area contributed by atoms with Crippen LogP contribution in [0, 0.1) is 5.92 Å². The van der Waals surface area contributed by atoms with Crippen LogP contribution in [0.15, 0.2) is 60.8 Å². The van der Waals surface area contributed by atoms with Crippen LogP contribution in [0.1, 0.15) is 28.8 Å². The number of hydrogen-bond donors (Lipinski definition) is 0. The molecule has 0 saturated carbocycles. The van der Waals surface area contributed by atoms with Crippen LogP contribution in [0.2, 0.25) is 0 Å². The summed E-state index contributed by atoms with van der Waals surface area (Å²) in [6.45, 7) is 2.68. The van der Waals surface area contributed by atoms with Crippen molar-refractivity contribution in [3.8, 4) is 5.75 Å². The first-order valence-corrected chi connectivity index (χ1v) is 9.48. The third kappa shape index (κ3) is 3.86. The zero-order valence-electron chi connectivity index (χ0n) is 15.6. The summed E-state index contributed by atoms with van der Waals surface area (Å²) in [5.74, 6) is 0.888. The summed E-state index contributed by atoms with van der Waals surface area (Å²) in [6, 6.07) is 18.0. The third-order valence-corrected chi connectivity index (χ3v) is 5.32. The Morgan fingerprint density at radius 3 is 2.96 bits per heavy atom. The number of carbonyl (C=O) groups excluding carboxylic acids is 1. The Labute approximate surface area is 159 Å². The Balaban J connectivity index is 1.48. The highest BCUT2D eigenvalue weighted by molar-refractivity contribution is 6.00. The minimum Gasteiger partial charge on any atom is -0.496 e. The Morgan fingerprint density at radius 2 is 2.07 bits per heavy atom. The van der Waals surface area contributed by atoms with E-state index in [1.54, 1.807) is 7.11 Å². The van der Waals surface area contributed by atoms with Crippen molar-refractivity contribution in [2.75, 3.05) is 20.2 Å². The molecule has 1 aliphatic rings. The number of pyridine rings is 1. The molecule has 0 unspecified atom stereocenters. The predicted octanol–water partition coefficient (Wildman–Crippen LogP) is 4.34. The lowest BCUT2D eigenvalue weighted by atomic mass is 9.89. The van der Waals surface area contributed by atoms with Crippen molar-refractivity contribution >= 4 is 16.7 Å². The van der Waals surface area contributed by atoms with Gasteiger partial charge >= 0.3 is 0 Å². The van der Waals surface area contributed by atoms with Crippen molar-refractivity contribution in [1.82, 2.24) is 9.88 Å². The summed E-state index contributed by atoms with van der Waals surface area (Å²) in [7, 11) is 1.62. The molecule has 0 N–H and O–H groups in total. The van der Waals surface area contributed by atoms with Crippen LogP contribution in [-0.4, -0.2) is 35.9 Å². The van der Waals surface area contributed by atoms with Crippen molar-refractivity contribution in [3.05, 3.63) is 71.9 Å². The second kappa shape index (κ2) is 7.89. The summed E-state index contributed by atoms with van der Waals surface area (Å²) < 4.78 is 5.38. The number of piperidine rings is 1. The van der Waals surface area contributed by atoms with Crippen LogP contribution in [0.25, 0.3) is 10.9 Å². The maximum Gasteiger partial charge on any atom is 0.170 e. The van der Waals surface area contributed by atoms with Crippen LogP contribution in [0.5, 0.6) is 5.75 Å². The molecule has 1 fully saturated rings. The first-order chi connectivity index (χ1) is 13.2. The van der Waals surface area contributed by atoms with Gasteiger partial charge in [0, 0.05) is 30.6 Å². The second-order valence-corrected chi connectivity index (χ2v) is 7.17. The van der Waals surface area contributed by atoms with Crippen LogP contribution >= 0.6 is 0 Å². The van der Waals surface area contributed by atoms with Crippen LogP contribution in [-0.2, 0) is 6.54 Å². The van der Waals surface area contributed by atoms with Gasteiger partial charge in [-0.15, -0.1) is 0 Å². The SMILES string of the molecule is COc1ccccc1C(=O)[C@H]1CCCN(Cc2ccc3ncccc3c2)C1. The zero-order chi connectivity index (χ0) is 18.6. The highest BCUT2D eigenvalue weighted by Gasteiger charge is 2.28. The molecule has 1 aromatic heterocycles. The van der Waals surface area contributed by atoms with Gasteiger partial charge < -0.3 is 4.74 Å². The number of rotatable bonds is 5. The lowest BCUT2D eigenvalue weighted by molar-refractivity contribution is 0.0808. The minimum absolute atomic E-state index is 0.0252. The van der Waals surface area contributed by atoms with E-state index in [1.807, 2.05) is 36.5 Å². The molecular weight excluding hydrogens is 336 g/mol. The molecule has 4 nitrogen and oxygen atoms in total. The molecule has 27 heavy (non-hydrogen) atoms. The molecule has 1 saturated heterocycles. The summed E-state index contributed by atoms with van der Waals surface area (Å²) in [5, 5.41) is 1.16. The Morgan fingerprint density at radius 1 is 1.19 bits per heavy atom. The van der Waals surface area contributed by atoms with Gasteiger partial charge in [0.2, 0.25) is 0 Å². The van der Waals surface area contributed by atoms with E-state index in [0.717, 1.165) is 43.4 Å². The maximum absolute atomic E-state index is 13.0. The predicted molar refractivity (Wildman–Crippen MR) is 107 cm³/mol. The number of ketones is 1. The summed E-state index contributed by atoms with van der Waals surface area (Å²) in [6.07, 6.45) is 3.80. The fourth-order valence-electron chi connectivity index (χ4n) is 3.96. The molecular formula is C23H24N2O2. The van der Waals surface area contributed by atoms with Gasteiger partial charge in [-0.05, 0) is 55.3 Å². The number of benzene rings is 2. The molecule has 0 amide bonds. The summed E-state index contributed by atoms with van der Waals surface area (Å²) >= 11 is 0. The highest BCUT2D eigenvalue weighted by atomic mass is 16.5. The Kier molecular flexibility index (Phi) is 5.16. The van der Waals surface area contributed by atoms with E-state index >= 15 is 0 Å². The highest BCUT2D eigenvalue weighted by Crippen LogP contribution is 2.27. The van der Waals surface area contributed by atoms with Crippen LogP contribution < -0.4 is 4.74 Å². The normalized spacial score (nSPS) is 17.7. The molecule has 0 bridgehead atoms. The number of para-hydroxylation sites is 1. The number of hydrogen-bond acceptors (Lipinski definition) is 4. The molecule has 2 aromatic carbocycles. The Bertz CT molecular complexity index is 954. The zero-order valence-corrected chi connectivity index (χ0v) is 15.6. The average Bonchev–Trinajstić information content (AvgIpc) is 2.73. The quantitative estimate of drug-likeness (QED) is 0.635. The number of fused-ring (bicyclic) bond motifs is 1. The van der Waals surface area contributed by atoms with E-state index in [2.05, 4.69) is 34.1 Å². The van der Waals surface area contributed by atoms with Crippen LogP contribution in [0.4, 0.5) is 0 Å². The fourth-order valence-corrected chi connectivity index (χ4v) is 3.96. The van der Waals surface area contributed by atoms with E-state index in [1.165, 1.54) is 5.56 Å². The van der Waals surface area contributed by atoms with Gasteiger partial charge in [0.1, 0.15) is 5.75 Å². The van der Waals surface area contributed by atoms with Gasteiger partial charge in [-0.3, -0.25) is 14.7 Å². The summed E-state index contributed by atoms with van der Waals surface area (Å²) in [4.78, 5) is 19.8. The molecule has 138 valence electrons. The number of likely N-dealkylation sites (tertiary alicyclic amines) is 1. The van der Waals surface area contributed by atoms with Gasteiger partial charge in [0.25, 0.3) is 0 Å². The van der Waals surface area contributed by atoms with Crippen molar-refractivity contribution < 1.29 is 9.53 Å². The molecule has 0 radical (unpaired) electrons. The molecule has 0 spiro atoms. The number of aromatic nitrogens is 1. The number of carbonyl (C=O) groups is 1. The summed E-state index contributed by atoms with van der Waals surface area (Å²) in [5.41, 5.74) is 2.98. The number of ether oxygens (including phenoxy) is 1. The molecule has 4 rings (SSSR count). The molecule has 3 aromatic rings. The van der Waals surface area contributed by atoms with Gasteiger partial charge in [0.15, 0.2) is 5.78 Å². The molecule has 4 heteroatoms. The lowest BCUT2D eigenvalue weighted by Crippen LogP contribution is -2.38. The number of Topliss-reactive ketones (excluding diaryl/α,β-unsaturated/α-hetero) is 1. The third-order valence-electron chi connectivity index (χ3n) is 5.32. The molecule has 0 aliphatic carbocycles. The van der Waals surface area contributed by atoms with Gasteiger partial charge in [-0.25, -0.2) is 0 Å². The monoisotopic (exact) mass is 360 g/mol. The average molecular weight is 360 g/mol. The Hall–Kier alpha value is -2.72. The van der Waals surface area contributed by atoms with Gasteiger partial charge in [-0.1, -0.05) is 24.3 Å².